The van der Waals surface area contributed by atoms with Gasteiger partial charge in [-0.2, -0.15) is 5.10 Å². The van der Waals surface area contributed by atoms with Crippen molar-refractivity contribution in [1.82, 2.24) is 20.2 Å². The Morgan fingerprint density at radius 3 is 2.34 bits per heavy atom. The van der Waals surface area contributed by atoms with Crippen molar-refractivity contribution >= 4 is 32.8 Å². The molecule has 0 aliphatic rings. The molecule has 0 amide bonds. The highest BCUT2D eigenvalue weighted by atomic mass is 32.5. The van der Waals surface area contributed by atoms with Crippen LogP contribution in [-0.4, -0.2) is 34.4 Å². The average molecular weight is 473 g/mol. The highest BCUT2D eigenvalue weighted by Crippen LogP contribution is 3.02. The van der Waals surface area contributed by atoms with Crippen LogP contribution in [0.4, 0.5) is 30.9 Å². The number of benzene rings is 2. The van der Waals surface area contributed by atoms with E-state index in [1.54, 1.807) is 18.2 Å². The number of methoxy groups -OCH3 is 2. The second-order valence-corrected chi connectivity index (χ2v) is 9.13. The van der Waals surface area contributed by atoms with Crippen LogP contribution in [0.3, 0.4) is 0 Å². The highest BCUT2D eigenvalue weighted by molar-refractivity contribution is 8.45. The van der Waals surface area contributed by atoms with Gasteiger partial charge in [-0.3, -0.25) is 5.10 Å². The molecule has 13 heteroatoms. The van der Waals surface area contributed by atoms with E-state index in [0.717, 1.165) is 6.07 Å². The maximum absolute atomic E-state index is 13.3. The minimum absolute atomic E-state index is 0.174. The van der Waals surface area contributed by atoms with Crippen molar-refractivity contribution in [2.24, 2.45) is 0 Å². The monoisotopic (exact) mass is 473 g/mol. The van der Waals surface area contributed by atoms with Crippen LogP contribution >= 0.6 is 10.2 Å². The van der Waals surface area contributed by atoms with Gasteiger partial charge in [0.05, 0.1) is 20.4 Å². The number of rotatable bonds is 6. The lowest BCUT2D eigenvalue weighted by Gasteiger charge is -2.40. The van der Waals surface area contributed by atoms with Crippen LogP contribution in [0.5, 0.6) is 11.5 Å². The summed E-state index contributed by atoms with van der Waals surface area (Å²) in [5, 5.41) is 9.58. The van der Waals surface area contributed by atoms with Gasteiger partial charge < -0.3 is 14.8 Å². The fraction of sp³-hybridized carbons (Fsp3) is 0.105. The lowest BCUT2D eigenvalue weighted by molar-refractivity contribution is 0.355. The SMILES string of the molecule is COc1ccc(Nc2nc(-c3cccc(S(F)(F)(F)(F)F)c3)nc3cn[nH]c23)cc1OC. The van der Waals surface area contributed by atoms with Gasteiger partial charge in [0, 0.05) is 17.3 Å². The van der Waals surface area contributed by atoms with Crippen LogP contribution in [0.25, 0.3) is 22.4 Å². The van der Waals surface area contributed by atoms with E-state index < -0.39 is 15.1 Å². The molecular weight excluding hydrogens is 457 g/mol. The molecule has 0 atom stereocenters. The molecule has 4 rings (SSSR count). The third-order valence-corrected chi connectivity index (χ3v) is 5.63. The Balaban J connectivity index is 1.81. The second-order valence-electron chi connectivity index (χ2n) is 6.72. The van der Waals surface area contributed by atoms with E-state index in [4.69, 9.17) is 9.47 Å². The Bertz CT molecular complexity index is 1330. The Morgan fingerprint density at radius 1 is 0.906 bits per heavy atom. The first-order valence-electron chi connectivity index (χ1n) is 8.92. The van der Waals surface area contributed by atoms with Gasteiger partial charge in [0.2, 0.25) is 0 Å². The largest absolute Gasteiger partial charge is 0.493 e. The molecule has 4 aromatic rings. The summed E-state index contributed by atoms with van der Waals surface area (Å²) in [6.07, 6.45) is 1.34. The molecule has 0 spiro atoms. The fourth-order valence-electron chi connectivity index (χ4n) is 2.99. The van der Waals surface area contributed by atoms with Crippen LogP contribution in [-0.2, 0) is 0 Å². The molecule has 0 fully saturated rings. The molecule has 2 aromatic heterocycles. The highest BCUT2D eigenvalue weighted by Gasteiger charge is 2.65. The number of aromatic amines is 1. The van der Waals surface area contributed by atoms with Crippen molar-refractivity contribution < 1.29 is 28.9 Å². The zero-order chi connectivity index (χ0) is 23.2. The van der Waals surface area contributed by atoms with Gasteiger partial charge in [-0.1, -0.05) is 31.6 Å². The molecule has 0 saturated heterocycles. The molecule has 2 heterocycles. The van der Waals surface area contributed by atoms with E-state index in [0.29, 0.717) is 34.8 Å². The summed E-state index contributed by atoms with van der Waals surface area (Å²) in [6.45, 7) is 0. The summed E-state index contributed by atoms with van der Waals surface area (Å²) in [7, 11) is -6.92. The summed E-state index contributed by atoms with van der Waals surface area (Å²) in [4.78, 5) is 6.37. The second kappa shape index (κ2) is 6.69. The molecule has 32 heavy (non-hydrogen) atoms. The number of ether oxygens (including phenoxy) is 2. The van der Waals surface area contributed by atoms with E-state index in [9.17, 15) is 19.4 Å². The van der Waals surface area contributed by atoms with Crippen molar-refractivity contribution in [3.8, 4) is 22.9 Å². The molecule has 0 aliphatic carbocycles. The maximum Gasteiger partial charge on any atom is 0.310 e. The summed E-state index contributed by atoms with van der Waals surface area (Å²) < 4.78 is 76.7. The smallest absolute Gasteiger partial charge is 0.310 e. The Kier molecular flexibility index (Phi) is 4.52. The van der Waals surface area contributed by atoms with E-state index in [2.05, 4.69) is 25.5 Å². The summed E-state index contributed by atoms with van der Waals surface area (Å²) >= 11 is 0. The zero-order valence-electron chi connectivity index (χ0n) is 16.6. The Morgan fingerprint density at radius 2 is 1.66 bits per heavy atom. The predicted octanol–water partition coefficient (Wildman–Crippen LogP) is 6.44. The molecule has 7 nitrogen and oxygen atoms in total. The molecule has 2 N–H and O–H groups in total. The van der Waals surface area contributed by atoms with Crippen molar-refractivity contribution in [3.05, 3.63) is 48.7 Å². The summed E-state index contributed by atoms with van der Waals surface area (Å²) in [6, 6.07) is 7.69. The molecule has 170 valence electrons. The molecule has 0 aliphatic heterocycles. The van der Waals surface area contributed by atoms with Crippen molar-refractivity contribution in [3.63, 3.8) is 0 Å². The topological polar surface area (TPSA) is 85.0 Å². The minimum Gasteiger partial charge on any atom is -0.493 e. The number of fused-ring (bicyclic) bond motifs is 1. The molecule has 0 radical (unpaired) electrons. The van der Waals surface area contributed by atoms with Gasteiger partial charge in [0.15, 0.2) is 23.1 Å². The van der Waals surface area contributed by atoms with Crippen LogP contribution in [0.2, 0.25) is 0 Å². The van der Waals surface area contributed by atoms with Gasteiger partial charge in [-0.15, -0.1) is 0 Å². The summed E-state index contributed by atoms with van der Waals surface area (Å²) in [5.74, 6) is 0.898. The van der Waals surface area contributed by atoms with Crippen molar-refractivity contribution in [2.75, 3.05) is 19.5 Å². The van der Waals surface area contributed by atoms with Gasteiger partial charge in [0.1, 0.15) is 15.9 Å². The molecule has 2 aromatic carbocycles. The zero-order valence-corrected chi connectivity index (χ0v) is 17.4. The first-order chi connectivity index (χ1) is 14.9. The van der Waals surface area contributed by atoms with Crippen LogP contribution in [0.1, 0.15) is 0 Å². The molecule has 0 saturated carbocycles. The van der Waals surface area contributed by atoms with Gasteiger partial charge >= 0.3 is 10.2 Å². The van der Waals surface area contributed by atoms with E-state index in [1.807, 2.05) is 0 Å². The lowest BCUT2D eigenvalue weighted by atomic mass is 10.2. The third-order valence-electron chi connectivity index (χ3n) is 4.48. The first kappa shape index (κ1) is 21.6. The minimum atomic E-state index is -9.87. The van der Waals surface area contributed by atoms with Crippen molar-refractivity contribution in [2.45, 2.75) is 4.90 Å². The quantitative estimate of drug-likeness (QED) is 0.314. The molecule has 0 bridgehead atoms. The van der Waals surface area contributed by atoms with Crippen LogP contribution < -0.4 is 14.8 Å². The van der Waals surface area contributed by atoms with Crippen molar-refractivity contribution in [1.29, 1.82) is 0 Å². The van der Waals surface area contributed by atoms with E-state index >= 15 is 0 Å². The normalized spacial score (nSPS) is 14.0. The first-order valence-corrected chi connectivity index (χ1v) is 10.9. The average Bonchev–Trinajstić information content (AvgIpc) is 3.21. The number of aromatic nitrogens is 4. The van der Waals surface area contributed by atoms with Gasteiger partial charge in [0.25, 0.3) is 0 Å². The van der Waals surface area contributed by atoms with Crippen LogP contribution in [0.15, 0.2) is 53.6 Å². The van der Waals surface area contributed by atoms with E-state index in [1.165, 1.54) is 26.5 Å². The fourth-order valence-corrected chi connectivity index (χ4v) is 3.67. The third kappa shape index (κ3) is 4.23. The lowest BCUT2D eigenvalue weighted by Crippen LogP contribution is -2.06. The predicted molar refractivity (Wildman–Crippen MR) is 111 cm³/mol. The molecular formula is C19H16F5N5O2S. The number of nitrogens with zero attached hydrogens (tertiary/aromatic N) is 3. The Hall–Kier alpha value is -3.61. The number of H-pyrrole nitrogens is 1. The number of hydrogen-bond acceptors (Lipinski definition) is 6. The van der Waals surface area contributed by atoms with Gasteiger partial charge in [-0.05, 0) is 24.3 Å². The van der Waals surface area contributed by atoms with Gasteiger partial charge in [-0.25, -0.2) is 9.97 Å². The van der Waals surface area contributed by atoms with E-state index in [-0.39, 0.29) is 22.7 Å². The molecule has 0 unspecified atom stereocenters. The number of nitrogens with one attached hydrogen (secondary N) is 2. The number of anilines is 2. The number of halogens is 5. The number of hydrogen-bond donors (Lipinski definition) is 2. The summed E-state index contributed by atoms with van der Waals surface area (Å²) in [5.41, 5.74) is 0.932. The van der Waals surface area contributed by atoms with Crippen LogP contribution in [0, 0.1) is 0 Å². The maximum atomic E-state index is 13.3. The Labute approximate surface area is 178 Å². The standard InChI is InChI=1S/C19H16F5N5O2S/c1-30-15-7-6-12(9-16(15)31-2)26-19-17-14(10-25-29-17)27-18(28-19)11-4-3-5-13(8-11)32(20,21,22,23)24/h3-10H,1-2H3,(H,25,29)(H,26,27,28).